The SMILES string of the molecule is Cc1c(CNCC(F)(F)C(F)F)n(C)c2ccccc12. The maximum Gasteiger partial charge on any atom is 0.319 e. The fourth-order valence-corrected chi connectivity index (χ4v) is 2.31. The summed E-state index contributed by atoms with van der Waals surface area (Å²) in [5, 5.41) is 3.45. The summed E-state index contributed by atoms with van der Waals surface area (Å²) < 4.78 is 51.7. The van der Waals surface area contributed by atoms with Gasteiger partial charge in [-0.3, -0.25) is 0 Å². The summed E-state index contributed by atoms with van der Waals surface area (Å²) in [4.78, 5) is 0. The van der Waals surface area contributed by atoms with Gasteiger partial charge in [-0.25, -0.2) is 8.78 Å². The molecule has 0 saturated carbocycles. The molecule has 1 aromatic carbocycles. The van der Waals surface area contributed by atoms with Crippen LogP contribution in [0.2, 0.25) is 0 Å². The molecule has 2 rings (SSSR count). The number of hydrogen-bond donors (Lipinski definition) is 1. The molecule has 2 nitrogen and oxygen atoms in total. The lowest BCUT2D eigenvalue weighted by molar-refractivity contribution is -0.125. The summed E-state index contributed by atoms with van der Waals surface area (Å²) in [5.74, 6) is -4.00. The van der Waals surface area contributed by atoms with E-state index in [1.54, 1.807) is 0 Å². The maximum atomic E-state index is 12.8. The molecule has 0 radical (unpaired) electrons. The molecule has 0 aliphatic carbocycles. The fraction of sp³-hybridized carbons (Fsp3) is 0.429. The minimum atomic E-state index is -4.00. The molecule has 2 aromatic rings. The van der Waals surface area contributed by atoms with Gasteiger partial charge in [0, 0.05) is 30.2 Å². The molecule has 0 amide bonds. The van der Waals surface area contributed by atoms with E-state index in [4.69, 9.17) is 0 Å². The maximum absolute atomic E-state index is 12.8. The smallest absolute Gasteiger partial charge is 0.319 e. The van der Waals surface area contributed by atoms with Crippen LogP contribution in [0.25, 0.3) is 10.9 Å². The molecule has 1 N–H and O–H groups in total. The molecule has 0 aliphatic rings. The molecule has 0 aliphatic heterocycles. The number of nitrogens with one attached hydrogen (secondary N) is 1. The van der Waals surface area contributed by atoms with Gasteiger partial charge >= 0.3 is 12.3 Å². The second-order valence-corrected chi connectivity index (χ2v) is 4.81. The predicted molar refractivity (Wildman–Crippen MR) is 70.3 cm³/mol. The average molecular weight is 288 g/mol. The Balaban J connectivity index is 2.15. The molecule has 0 fully saturated rings. The lowest BCUT2D eigenvalue weighted by Crippen LogP contribution is -2.38. The van der Waals surface area contributed by atoms with Crippen molar-refractivity contribution in [1.82, 2.24) is 9.88 Å². The Morgan fingerprint density at radius 1 is 1.25 bits per heavy atom. The average Bonchev–Trinajstić information content (AvgIpc) is 2.64. The van der Waals surface area contributed by atoms with E-state index in [1.807, 2.05) is 42.8 Å². The van der Waals surface area contributed by atoms with Crippen LogP contribution in [0.1, 0.15) is 11.3 Å². The molecule has 0 spiro atoms. The number of alkyl halides is 4. The summed E-state index contributed by atoms with van der Waals surface area (Å²) in [5.41, 5.74) is 2.77. The number of para-hydroxylation sites is 1. The number of nitrogens with zero attached hydrogens (tertiary/aromatic N) is 1. The lowest BCUT2D eigenvalue weighted by Gasteiger charge is -2.16. The first kappa shape index (κ1) is 14.8. The van der Waals surface area contributed by atoms with Crippen LogP contribution in [0, 0.1) is 6.92 Å². The summed E-state index contributed by atoms with van der Waals surface area (Å²) in [6.45, 7) is 0.982. The van der Waals surface area contributed by atoms with Crippen molar-refractivity contribution in [2.24, 2.45) is 7.05 Å². The van der Waals surface area contributed by atoms with Gasteiger partial charge in [0.05, 0.1) is 6.54 Å². The van der Waals surface area contributed by atoms with Gasteiger partial charge < -0.3 is 9.88 Å². The van der Waals surface area contributed by atoms with Crippen molar-refractivity contribution < 1.29 is 17.6 Å². The molecule has 6 heteroatoms. The number of benzene rings is 1. The first-order chi connectivity index (χ1) is 9.34. The quantitative estimate of drug-likeness (QED) is 0.834. The normalized spacial score (nSPS) is 12.6. The topological polar surface area (TPSA) is 17.0 Å². The molecule has 110 valence electrons. The van der Waals surface area contributed by atoms with Crippen molar-refractivity contribution in [2.45, 2.75) is 25.8 Å². The van der Waals surface area contributed by atoms with Crippen LogP contribution < -0.4 is 5.32 Å². The number of halogens is 4. The Hall–Kier alpha value is -1.56. The van der Waals surface area contributed by atoms with Crippen molar-refractivity contribution >= 4 is 10.9 Å². The minimum Gasteiger partial charge on any atom is -0.346 e. The second-order valence-electron chi connectivity index (χ2n) is 4.81. The van der Waals surface area contributed by atoms with Gasteiger partial charge in [0.15, 0.2) is 0 Å². The first-order valence-electron chi connectivity index (χ1n) is 6.24. The highest BCUT2D eigenvalue weighted by molar-refractivity contribution is 5.85. The largest absolute Gasteiger partial charge is 0.346 e. The molecule has 1 heterocycles. The van der Waals surface area contributed by atoms with E-state index in [9.17, 15) is 17.6 Å². The van der Waals surface area contributed by atoms with Crippen molar-refractivity contribution in [2.75, 3.05) is 6.54 Å². The summed E-state index contributed by atoms with van der Waals surface area (Å²) in [6.07, 6.45) is -3.65. The van der Waals surface area contributed by atoms with E-state index in [0.29, 0.717) is 0 Å². The van der Waals surface area contributed by atoms with E-state index in [0.717, 1.165) is 22.2 Å². The van der Waals surface area contributed by atoms with Crippen molar-refractivity contribution in [3.8, 4) is 0 Å². The van der Waals surface area contributed by atoms with Crippen LogP contribution in [0.15, 0.2) is 24.3 Å². The molecule has 0 unspecified atom stereocenters. The van der Waals surface area contributed by atoms with Crippen LogP contribution in [0.3, 0.4) is 0 Å². The first-order valence-corrected chi connectivity index (χ1v) is 6.24. The Labute approximate surface area is 114 Å². The van der Waals surface area contributed by atoms with Crippen LogP contribution in [0.5, 0.6) is 0 Å². The number of hydrogen-bond acceptors (Lipinski definition) is 1. The highest BCUT2D eigenvalue weighted by atomic mass is 19.3. The molecule has 20 heavy (non-hydrogen) atoms. The third-order valence-corrected chi connectivity index (χ3v) is 3.48. The third kappa shape index (κ3) is 2.65. The number of rotatable bonds is 5. The van der Waals surface area contributed by atoms with Crippen molar-refractivity contribution in [3.05, 3.63) is 35.5 Å². The van der Waals surface area contributed by atoms with E-state index in [1.165, 1.54) is 0 Å². The summed E-state index contributed by atoms with van der Waals surface area (Å²) in [6, 6.07) is 7.67. The zero-order chi connectivity index (χ0) is 14.9. The summed E-state index contributed by atoms with van der Waals surface area (Å²) in [7, 11) is 1.83. The number of fused-ring (bicyclic) bond motifs is 1. The molecule has 0 bridgehead atoms. The third-order valence-electron chi connectivity index (χ3n) is 3.48. The van der Waals surface area contributed by atoms with Crippen LogP contribution >= 0.6 is 0 Å². The standard InChI is InChI=1S/C14H16F4N2/c1-9-10-5-3-4-6-11(10)20(2)12(9)7-19-8-14(17,18)13(15)16/h3-6,13,19H,7-8H2,1-2H3. The van der Waals surface area contributed by atoms with Gasteiger partial charge in [-0.05, 0) is 18.6 Å². The van der Waals surface area contributed by atoms with Crippen molar-refractivity contribution in [3.63, 3.8) is 0 Å². The second kappa shape index (κ2) is 5.44. The van der Waals surface area contributed by atoms with Gasteiger partial charge in [0.1, 0.15) is 0 Å². The molecule has 0 atom stereocenters. The number of aromatic nitrogens is 1. The van der Waals surface area contributed by atoms with Gasteiger partial charge in [0.2, 0.25) is 0 Å². The number of aryl methyl sites for hydroxylation is 2. The van der Waals surface area contributed by atoms with Gasteiger partial charge in [-0.2, -0.15) is 8.78 Å². The lowest BCUT2D eigenvalue weighted by atomic mass is 10.1. The fourth-order valence-electron chi connectivity index (χ4n) is 2.31. The molecule has 0 saturated heterocycles. The molecular formula is C14H16F4N2. The predicted octanol–water partition coefficient (Wildman–Crippen LogP) is 3.48. The highest BCUT2D eigenvalue weighted by Gasteiger charge is 2.40. The van der Waals surface area contributed by atoms with Crippen LogP contribution in [0.4, 0.5) is 17.6 Å². The van der Waals surface area contributed by atoms with Crippen LogP contribution in [-0.4, -0.2) is 23.5 Å². The Morgan fingerprint density at radius 2 is 1.90 bits per heavy atom. The monoisotopic (exact) mass is 288 g/mol. The Bertz CT molecular complexity index is 565. The molecular weight excluding hydrogens is 272 g/mol. The minimum absolute atomic E-state index is 0.124. The summed E-state index contributed by atoms with van der Waals surface area (Å²) >= 11 is 0. The van der Waals surface area contributed by atoms with Gasteiger partial charge in [-0.15, -0.1) is 0 Å². The van der Waals surface area contributed by atoms with E-state index < -0.39 is 18.9 Å². The van der Waals surface area contributed by atoms with E-state index >= 15 is 0 Å². The van der Waals surface area contributed by atoms with Gasteiger partial charge in [0.25, 0.3) is 0 Å². The van der Waals surface area contributed by atoms with Gasteiger partial charge in [-0.1, -0.05) is 18.2 Å². The highest BCUT2D eigenvalue weighted by Crippen LogP contribution is 2.25. The van der Waals surface area contributed by atoms with Crippen LogP contribution in [-0.2, 0) is 13.6 Å². The van der Waals surface area contributed by atoms with E-state index in [2.05, 4.69) is 5.32 Å². The zero-order valence-corrected chi connectivity index (χ0v) is 11.3. The van der Waals surface area contributed by atoms with E-state index in [-0.39, 0.29) is 6.54 Å². The molecule has 1 aromatic heterocycles. The Morgan fingerprint density at radius 3 is 2.50 bits per heavy atom. The van der Waals surface area contributed by atoms with Crippen molar-refractivity contribution in [1.29, 1.82) is 0 Å². The zero-order valence-electron chi connectivity index (χ0n) is 11.3. The Kier molecular flexibility index (Phi) is 4.04.